The highest BCUT2D eigenvalue weighted by molar-refractivity contribution is 7.13. The van der Waals surface area contributed by atoms with Crippen LogP contribution in [0.1, 0.15) is 38.8 Å². The Morgan fingerprint density at radius 1 is 1.21 bits per heavy atom. The molecule has 0 aromatic carbocycles. The maximum absolute atomic E-state index is 5.52. The zero-order valence-corrected chi connectivity index (χ0v) is 19.1. The van der Waals surface area contributed by atoms with Crippen molar-refractivity contribution >= 4 is 22.4 Å². The molecule has 29 heavy (non-hydrogen) atoms. The summed E-state index contributed by atoms with van der Waals surface area (Å²) in [6, 6.07) is 0.513. The van der Waals surface area contributed by atoms with E-state index in [1.54, 1.807) is 11.3 Å². The second-order valence-corrected chi connectivity index (χ2v) is 9.21. The Morgan fingerprint density at radius 3 is 2.66 bits per heavy atom. The number of anilines is 1. The molecule has 0 amide bonds. The minimum absolute atomic E-state index is 0.513. The minimum Gasteiger partial charge on any atom is -0.379 e. The molecule has 0 radical (unpaired) electrons. The lowest BCUT2D eigenvalue weighted by molar-refractivity contribution is 0.0132. The first-order chi connectivity index (χ1) is 14.2. The smallest absolute Gasteiger partial charge is 0.191 e. The van der Waals surface area contributed by atoms with E-state index >= 15 is 0 Å². The average Bonchev–Trinajstić information content (AvgIpc) is 3.41. The highest BCUT2D eigenvalue weighted by Crippen LogP contribution is 2.24. The summed E-state index contributed by atoms with van der Waals surface area (Å²) in [5, 5.41) is 10.4. The standard InChI is InChI=1S/C21H38N6OS/c1-17(2)14-19(26-10-12-28-13-11-26)15-24-20(22-3)23-7-6-18-16-29-21(25-18)27-8-4-5-9-27/h16-17,19H,4-15H2,1-3H3,(H2,22,23,24). The summed E-state index contributed by atoms with van der Waals surface area (Å²) < 4.78 is 5.52. The molecule has 1 atom stereocenters. The Balaban J connectivity index is 1.42. The largest absolute Gasteiger partial charge is 0.379 e. The Bertz CT molecular complexity index is 622. The Hall–Kier alpha value is -1.38. The molecular weight excluding hydrogens is 384 g/mol. The van der Waals surface area contributed by atoms with Crippen molar-refractivity contribution < 1.29 is 4.74 Å². The molecule has 0 spiro atoms. The van der Waals surface area contributed by atoms with Crippen LogP contribution in [0.15, 0.2) is 10.4 Å². The number of aliphatic imine (C=N–C) groups is 1. The van der Waals surface area contributed by atoms with Gasteiger partial charge >= 0.3 is 0 Å². The zero-order chi connectivity index (χ0) is 20.5. The molecule has 1 unspecified atom stereocenters. The predicted octanol–water partition coefficient (Wildman–Crippen LogP) is 2.20. The number of aromatic nitrogens is 1. The maximum atomic E-state index is 5.52. The lowest BCUT2D eigenvalue weighted by Crippen LogP contribution is -2.51. The number of guanidine groups is 1. The number of thiazole rings is 1. The van der Waals surface area contributed by atoms with Gasteiger partial charge in [0.15, 0.2) is 11.1 Å². The summed E-state index contributed by atoms with van der Waals surface area (Å²) in [7, 11) is 1.84. The monoisotopic (exact) mass is 422 g/mol. The van der Waals surface area contributed by atoms with Crippen molar-refractivity contribution in [2.45, 2.75) is 45.6 Å². The molecule has 3 heterocycles. The third-order valence-electron chi connectivity index (χ3n) is 5.62. The molecule has 0 bridgehead atoms. The molecule has 1 aromatic heterocycles. The highest BCUT2D eigenvalue weighted by Gasteiger charge is 2.22. The molecule has 0 saturated carbocycles. The van der Waals surface area contributed by atoms with Gasteiger partial charge in [0, 0.05) is 64.2 Å². The van der Waals surface area contributed by atoms with Crippen molar-refractivity contribution in [1.82, 2.24) is 20.5 Å². The van der Waals surface area contributed by atoms with Crippen LogP contribution < -0.4 is 15.5 Å². The number of rotatable bonds is 9. The maximum Gasteiger partial charge on any atom is 0.191 e. The van der Waals surface area contributed by atoms with Crippen LogP contribution in [0.3, 0.4) is 0 Å². The molecule has 1 aromatic rings. The third kappa shape index (κ3) is 7.12. The lowest BCUT2D eigenvalue weighted by Gasteiger charge is -2.35. The van der Waals surface area contributed by atoms with E-state index in [1.807, 2.05) is 7.05 Å². The topological polar surface area (TPSA) is 65.0 Å². The third-order valence-corrected chi connectivity index (χ3v) is 6.57. The molecule has 2 N–H and O–H groups in total. The van der Waals surface area contributed by atoms with E-state index in [0.717, 1.165) is 64.9 Å². The van der Waals surface area contributed by atoms with Crippen molar-refractivity contribution in [3.63, 3.8) is 0 Å². The average molecular weight is 423 g/mol. The van der Waals surface area contributed by atoms with Gasteiger partial charge in [-0.25, -0.2) is 4.98 Å². The molecule has 0 aliphatic carbocycles. The fourth-order valence-corrected chi connectivity index (χ4v) is 4.97. The molecule has 2 aliphatic rings. The summed E-state index contributed by atoms with van der Waals surface area (Å²) in [6.45, 7) is 12.4. The molecule has 2 saturated heterocycles. The van der Waals surface area contributed by atoms with Gasteiger partial charge < -0.3 is 20.3 Å². The van der Waals surface area contributed by atoms with Crippen LogP contribution in [-0.4, -0.2) is 81.4 Å². The highest BCUT2D eigenvalue weighted by atomic mass is 32.1. The van der Waals surface area contributed by atoms with E-state index in [1.165, 1.54) is 30.1 Å². The van der Waals surface area contributed by atoms with Crippen molar-refractivity contribution in [2.24, 2.45) is 10.9 Å². The van der Waals surface area contributed by atoms with E-state index in [0.29, 0.717) is 12.0 Å². The van der Waals surface area contributed by atoms with Crippen LogP contribution in [-0.2, 0) is 11.2 Å². The van der Waals surface area contributed by atoms with Crippen LogP contribution in [0, 0.1) is 5.92 Å². The Morgan fingerprint density at radius 2 is 1.97 bits per heavy atom. The van der Waals surface area contributed by atoms with E-state index in [-0.39, 0.29) is 0 Å². The first-order valence-electron chi connectivity index (χ1n) is 11.1. The zero-order valence-electron chi connectivity index (χ0n) is 18.3. The first-order valence-corrected chi connectivity index (χ1v) is 12.0. The van der Waals surface area contributed by atoms with Crippen LogP contribution in [0.4, 0.5) is 5.13 Å². The summed E-state index contributed by atoms with van der Waals surface area (Å²) in [4.78, 5) is 14.2. The fraction of sp³-hybridized carbons (Fsp3) is 0.810. The van der Waals surface area contributed by atoms with Gasteiger partial charge in [-0.3, -0.25) is 9.89 Å². The normalized spacial score (nSPS) is 19.7. The van der Waals surface area contributed by atoms with Crippen molar-refractivity contribution in [2.75, 3.05) is 64.4 Å². The van der Waals surface area contributed by atoms with E-state index in [4.69, 9.17) is 9.72 Å². The molecule has 164 valence electrons. The van der Waals surface area contributed by atoms with Crippen LogP contribution in [0.25, 0.3) is 0 Å². The minimum atomic E-state index is 0.513. The Kier molecular flexibility index (Phi) is 9.01. The molecule has 3 rings (SSSR count). The van der Waals surface area contributed by atoms with Gasteiger partial charge in [-0.2, -0.15) is 0 Å². The molecule has 8 heteroatoms. The van der Waals surface area contributed by atoms with Crippen LogP contribution >= 0.6 is 11.3 Å². The predicted molar refractivity (Wildman–Crippen MR) is 122 cm³/mol. The summed E-state index contributed by atoms with van der Waals surface area (Å²) in [6.07, 6.45) is 4.69. The van der Waals surface area contributed by atoms with Gasteiger partial charge in [0.1, 0.15) is 0 Å². The lowest BCUT2D eigenvalue weighted by atomic mass is 10.0. The van der Waals surface area contributed by atoms with Gasteiger partial charge in [0.25, 0.3) is 0 Å². The quantitative estimate of drug-likeness (QED) is 0.470. The second-order valence-electron chi connectivity index (χ2n) is 8.38. The van der Waals surface area contributed by atoms with Gasteiger partial charge in [-0.1, -0.05) is 13.8 Å². The molecule has 2 aliphatic heterocycles. The number of hydrogen-bond donors (Lipinski definition) is 2. The van der Waals surface area contributed by atoms with Gasteiger partial charge in [0.2, 0.25) is 0 Å². The summed E-state index contributed by atoms with van der Waals surface area (Å²) >= 11 is 1.77. The van der Waals surface area contributed by atoms with E-state index in [2.05, 4.69) is 44.7 Å². The number of nitrogens with zero attached hydrogens (tertiary/aromatic N) is 4. The van der Waals surface area contributed by atoms with Gasteiger partial charge in [-0.15, -0.1) is 11.3 Å². The number of ether oxygens (including phenoxy) is 1. The van der Waals surface area contributed by atoms with E-state index in [9.17, 15) is 0 Å². The molecular formula is C21H38N6OS. The van der Waals surface area contributed by atoms with Crippen molar-refractivity contribution in [1.29, 1.82) is 0 Å². The summed E-state index contributed by atoms with van der Waals surface area (Å²) in [5.41, 5.74) is 1.17. The van der Waals surface area contributed by atoms with Crippen LogP contribution in [0.2, 0.25) is 0 Å². The SMILES string of the molecule is CN=C(NCCc1csc(N2CCCC2)n1)NCC(CC(C)C)N1CCOCC1. The number of nitrogens with one attached hydrogen (secondary N) is 2. The summed E-state index contributed by atoms with van der Waals surface area (Å²) in [5.74, 6) is 1.55. The fourth-order valence-electron chi connectivity index (χ4n) is 4.06. The van der Waals surface area contributed by atoms with Crippen LogP contribution in [0.5, 0.6) is 0 Å². The van der Waals surface area contributed by atoms with Gasteiger partial charge in [0.05, 0.1) is 18.9 Å². The Labute approximate surface area is 179 Å². The number of hydrogen-bond acceptors (Lipinski definition) is 6. The van der Waals surface area contributed by atoms with Gasteiger partial charge in [-0.05, 0) is 25.2 Å². The second kappa shape index (κ2) is 11.7. The van der Waals surface area contributed by atoms with Crippen molar-refractivity contribution in [3.8, 4) is 0 Å². The van der Waals surface area contributed by atoms with E-state index < -0.39 is 0 Å². The first kappa shape index (κ1) is 22.3. The molecule has 7 nitrogen and oxygen atoms in total. The van der Waals surface area contributed by atoms with Crippen molar-refractivity contribution in [3.05, 3.63) is 11.1 Å². The molecule has 2 fully saturated rings. The number of morpholine rings is 1.